The van der Waals surface area contributed by atoms with Crippen LogP contribution in [0, 0.1) is 0 Å². The van der Waals surface area contributed by atoms with Crippen LogP contribution in [0.15, 0.2) is 0 Å². The third-order valence-corrected chi connectivity index (χ3v) is 2.55. The smallest absolute Gasteiger partial charge is 0.0674 e. The fourth-order valence-corrected chi connectivity index (χ4v) is 1.85. The van der Waals surface area contributed by atoms with E-state index in [9.17, 15) is 5.11 Å². The van der Waals surface area contributed by atoms with Crippen LogP contribution >= 0.6 is 0 Å². The molecule has 0 bridgehead atoms. The van der Waals surface area contributed by atoms with E-state index in [1.54, 1.807) is 0 Å². The molecule has 78 valence electrons. The van der Waals surface area contributed by atoms with Crippen molar-refractivity contribution < 1.29 is 9.84 Å². The molecule has 3 atom stereocenters. The van der Waals surface area contributed by atoms with Crippen molar-refractivity contribution in [1.29, 1.82) is 0 Å². The number of morpholine rings is 1. The van der Waals surface area contributed by atoms with E-state index in [0.29, 0.717) is 12.1 Å². The Morgan fingerprint density at radius 1 is 1.62 bits per heavy atom. The summed E-state index contributed by atoms with van der Waals surface area (Å²) in [6.07, 6.45) is 1.17. The maximum absolute atomic E-state index is 9.32. The van der Waals surface area contributed by atoms with Gasteiger partial charge < -0.3 is 9.84 Å². The first kappa shape index (κ1) is 11.0. The van der Waals surface area contributed by atoms with Crippen molar-refractivity contribution >= 4 is 0 Å². The molecule has 2 unspecified atom stereocenters. The van der Waals surface area contributed by atoms with Gasteiger partial charge in [-0.05, 0) is 20.3 Å². The van der Waals surface area contributed by atoms with Gasteiger partial charge in [0.1, 0.15) is 0 Å². The van der Waals surface area contributed by atoms with E-state index in [1.165, 1.54) is 0 Å². The summed E-state index contributed by atoms with van der Waals surface area (Å²) in [5.41, 5.74) is 0. The van der Waals surface area contributed by atoms with Gasteiger partial charge in [0.15, 0.2) is 0 Å². The Labute approximate surface area is 80.7 Å². The molecule has 0 saturated carbocycles. The van der Waals surface area contributed by atoms with Crippen LogP contribution in [0.3, 0.4) is 0 Å². The maximum Gasteiger partial charge on any atom is 0.0674 e. The number of aliphatic hydroxyl groups is 1. The van der Waals surface area contributed by atoms with Crippen molar-refractivity contribution in [1.82, 2.24) is 4.90 Å². The highest BCUT2D eigenvalue weighted by Gasteiger charge is 2.25. The molecule has 1 N–H and O–H groups in total. The second-order valence-corrected chi connectivity index (χ2v) is 4.01. The van der Waals surface area contributed by atoms with Crippen molar-refractivity contribution in [3.63, 3.8) is 0 Å². The standard InChI is InChI=1S/C10H21NO2/c1-4-10-7-13-9(3)6-11(10)5-8(2)12/h8-10,12H,4-7H2,1-3H3/t8-,9?,10?/m0/s1. The topological polar surface area (TPSA) is 32.7 Å². The highest BCUT2D eigenvalue weighted by molar-refractivity contribution is 4.78. The molecule has 0 aliphatic carbocycles. The van der Waals surface area contributed by atoms with Gasteiger partial charge in [-0.2, -0.15) is 0 Å². The van der Waals surface area contributed by atoms with Gasteiger partial charge in [0, 0.05) is 19.1 Å². The van der Waals surface area contributed by atoms with Crippen molar-refractivity contribution in [2.24, 2.45) is 0 Å². The highest BCUT2D eigenvalue weighted by Crippen LogP contribution is 2.14. The van der Waals surface area contributed by atoms with Gasteiger partial charge in [0.05, 0.1) is 18.8 Å². The van der Waals surface area contributed by atoms with Gasteiger partial charge in [-0.25, -0.2) is 0 Å². The van der Waals surface area contributed by atoms with E-state index in [2.05, 4.69) is 18.7 Å². The average Bonchev–Trinajstić information content (AvgIpc) is 2.03. The molecule has 0 aromatic carbocycles. The molecule has 0 aromatic rings. The third-order valence-electron chi connectivity index (χ3n) is 2.55. The lowest BCUT2D eigenvalue weighted by Crippen LogP contribution is -2.50. The zero-order valence-electron chi connectivity index (χ0n) is 8.86. The Kier molecular flexibility index (Phi) is 4.16. The summed E-state index contributed by atoms with van der Waals surface area (Å²) in [6.45, 7) is 8.62. The highest BCUT2D eigenvalue weighted by atomic mass is 16.5. The lowest BCUT2D eigenvalue weighted by Gasteiger charge is -2.38. The lowest BCUT2D eigenvalue weighted by atomic mass is 10.1. The van der Waals surface area contributed by atoms with Crippen LogP contribution in [0.5, 0.6) is 0 Å². The second-order valence-electron chi connectivity index (χ2n) is 4.01. The van der Waals surface area contributed by atoms with Crippen molar-refractivity contribution in [2.45, 2.75) is 45.4 Å². The van der Waals surface area contributed by atoms with Gasteiger partial charge in [0.25, 0.3) is 0 Å². The summed E-state index contributed by atoms with van der Waals surface area (Å²) in [4.78, 5) is 2.33. The fraction of sp³-hybridized carbons (Fsp3) is 1.00. The monoisotopic (exact) mass is 187 g/mol. The molecule has 1 aliphatic heterocycles. The first-order chi connectivity index (χ1) is 6.13. The molecular formula is C10H21NO2. The largest absolute Gasteiger partial charge is 0.392 e. The first-order valence-electron chi connectivity index (χ1n) is 5.17. The van der Waals surface area contributed by atoms with Gasteiger partial charge in [-0.1, -0.05) is 6.92 Å². The minimum atomic E-state index is -0.237. The summed E-state index contributed by atoms with van der Waals surface area (Å²) in [5, 5.41) is 9.32. The molecule has 1 heterocycles. The number of hydrogen-bond donors (Lipinski definition) is 1. The minimum absolute atomic E-state index is 0.237. The van der Waals surface area contributed by atoms with Gasteiger partial charge >= 0.3 is 0 Å². The molecule has 0 amide bonds. The summed E-state index contributed by atoms with van der Waals surface area (Å²) < 4.78 is 5.57. The summed E-state index contributed by atoms with van der Waals surface area (Å²) in [5.74, 6) is 0. The first-order valence-corrected chi connectivity index (χ1v) is 5.17. The van der Waals surface area contributed by atoms with Gasteiger partial charge in [0.2, 0.25) is 0 Å². The van der Waals surface area contributed by atoms with Crippen LogP contribution in [0.25, 0.3) is 0 Å². The number of β-amino-alcohol motifs (C(OH)–C–C–N with tert-alkyl or cyclic N) is 1. The zero-order chi connectivity index (χ0) is 9.84. The SMILES string of the molecule is CCC1COC(C)CN1C[C@H](C)O. The van der Waals surface area contributed by atoms with Crippen LogP contribution in [-0.2, 0) is 4.74 Å². The van der Waals surface area contributed by atoms with E-state index in [0.717, 1.165) is 26.1 Å². The number of hydrogen-bond acceptors (Lipinski definition) is 3. The lowest BCUT2D eigenvalue weighted by molar-refractivity contribution is -0.0661. The van der Waals surface area contributed by atoms with Crippen LogP contribution in [0.2, 0.25) is 0 Å². The van der Waals surface area contributed by atoms with Crippen LogP contribution in [-0.4, -0.2) is 48.0 Å². The van der Waals surface area contributed by atoms with Crippen LogP contribution < -0.4 is 0 Å². The van der Waals surface area contributed by atoms with Crippen molar-refractivity contribution in [3.05, 3.63) is 0 Å². The fourth-order valence-electron chi connectivity index (χ4n) is 1.85. The Morgan fingerprint density at radius 3 is 2.85 bits per heavy atom. The van der Waals surface area contributed by atoms with Crippen molar-refractivity contribution in [2.75, 3.05) is 19.7 Å². The summed E-state index contributed by atoms with van der Waals surface area (Å²) >= 11 is 0. The molecule has 1 aliphatic rings. The van der Waals surface area contributed by atoms with Crippen LogP contribution in [0.4, 0.5) is 0 Å². The normalized spacial score (nSPS) is 33.2. The van der Waals surface area contributed by atoms with Gasteiger partial charge in [-0.3, -0.25) is 4.90 Å². The van der Waals surface area contributed by atoms with Gasteiger partial charge in [-0.15, -0.1) is 0 Å². The van der Waals surface area contributed by atoms with E-state index in [4.69, 9.17) is 4.74 Å². The molecule has 0 radical (unpaired) electrons. The molecule has 3 nitrogen and oxygen atoms in total. The second kappa shape index (κ2) is 4.94. The molecule has 0 spiro atoms. The molecular weight excluding hydrogens is 166 g/mol. The van der Waals surface area contributed by atoms with Crippen LogP contribution in [0.1, 0.15) is 27.2 Å². The van der Waals surface area contributed by atoms with E-state index in [1.807, 2.05) is 6.92 Å². The number of nitrogens with zero attached hydrogens (tertiary/aromatic N) is 1. The molecule has 13 heavy (non-hydrogen) atoms. The summed E-state index contributed by atoms with van der Waals surface area (Å²) in [6, 6.07) is 0.491. The zero-order valence-corrected chi connectivity index (χ0v) is 8.86. The Hall–Kier alpha value is -0.120. The Balaban J connectivity index is 2.44. The molecule has 3 heteroatoms. The maximum atomic E-state index is 9.32. The van der Waals surface area contributed by atoms with E-state index >= 15 is 0 Å². The minimum Gasteiger partial charge on any atom is -0.392 e. The third kappa shape index (κ3) is 3.25. The molecule has 1 fully saturated rings. The number of rotatable bonds is 3. The molecule has 0 aromatic heterocycles. The van der Waals surface area contributed by atoms with E-state index < -0.39 is 0 Å². The van der Waals surface area contributed by atoms with E-state index in [-0.39, 0.29) is 6.10 Å². The Bertz CT molecular complexity index is 148. The Morgan fingerprint density at radius 2 is 2.31 bits per heavy atom. The predicted molar refractivity (Wildman–Crippen MR) is 52.7 cm³/mol. The molecule has 1 saturated heterocycles. The number of ether oxygens (including phenoxy) is 1. The average molecular weight is 187 g/mol. The summed E-state index contributed by atoms with van der Waals surface area (Å²) in [7, 11) is 0. The predicted octanol–water partition coefficient (Wildman–Crippen LogP) is 0.867. The number of aliphatic hydroxyl groups excluding tert-OH is 1. The molecule has 1 rings (SSSR count). The quantitative estimate of drug-likeness (QED) is 0.711. The van der Waals surface area contributed by atoms with Crippen molar-refractivity contribution in [3.8, 4) is 0 Å².